The van der Waals surface area contributed by atoms with Gasteiger partial charge >= 0.3 is 0 Å². The first kappa shape index (κ1) is 20.6. The van der Waals surface area contributed by atoms with E-state index in [2.05, 4.69) is 54.9 Å². The van der Waals surface area contributed by atoms with Crippen LogP contribution in [-0.2, 0) is 0 Å². The van der Waals surface area contributed by atoms with Crippen LogP contribution in [-0.4, -0.2) is 22.4 Å². The molecule has 4 aromatic rings. The highest BCUT2D eigenvalue weighted by molar-refractivity contribution is 9.10. The Balaban J connectivity index is 1.61. The minimum Gasteiger partial charge on any atom is -0.393 e. The quantitative estimate of drug-likeness (QED) is 0.343. The van der Waals surface area contributed by atoms with Gasteiger partial charge in [0.05, 0.1) is 5.69 Å². The molecule has 4 N–H and O–H groups in total. The Labute approximate surface area is 188 Å². The molecule has 0 radical (unpaired) electrons. The third-order valence-electron chi connectivity index (χ3n) is 4.89. The van der Waals surface area contributed by atoms with Crippen LogP contribution in [0.15, 0.2) is 77.5 Å². The van der Waals surface area contributed by atoms with Crippen LogP contribution in [0.3, 0.4) is 0 Å². The average Bonchev–Trinajstić information content (AvgIpc) is 2.80. The van der Waals surface area contributed by atoms with Crippen molar-refractivity contribution in [3.05, 3.63) is 83.1 Å². The number of fused-ring (bicyclic) bond motifs is 1. The van der Waals surface area contributed by atoms with Gasteiger partial charge in [-0.3, -0.25) is 15.6 Å². The molecule has 0 aliphatic heterocycles. The van der Waals surface area contributed by atoms with Crippen LogP contribution >= 0.6 is 15.9 Å². The second-order valence-corrected chi connectivity index (χ2v) is 7.70. The lowest BCUT2D eigenvalue weighted by Crippen LogP contribution is -2.30. The van der Waals surface area contributed by atoms with Crippen molar-refractivity contribution in [3.63, 3.8) is 0 Å². The van der Waals surface area contributed by atoms with Crippen LogP contribution in [0.1, 0.15) is 17.3 Å². The normalized spacial score (nSPS) is 10.6. The fourth-order valence-electron chi connectivity index (χ4n) is 3.37. The summed E-state index contributed by atoms with van der Waals surface area (Å²) in [6.07, 6.45) is 1.42. The number of nitrogens with two attached hydrogens (primary N) is 1. The monoisotopic (exact) mass is 476 g/mol. The van der Waals surface area contributed by atoms with E-state index in [1.807, 2.05) is 36.1 Å². The molecule has 3 aromatic carbocycles. The molecule has 0 spiro atoms. The van der Waals surface area contributed by atoms with Crippen molar-refractivity contribution in [1.29, 1.82) is 0 Å². The van der Waals surface area contributed by atoms with Gasteiger partial charge in [-0.05, 0) is 42.6 Å². The van der Waals surface area contributed by atoms with Gasteiger partial charge in [-0.1, -0.05) is 52.3 Å². The Morgan fingerprint density at radius 1 is 1.03 bits per heavy atom. The van der Waals surface area contributed by atoms with E-state index in [-0.39, 0.29) is 5.91 Å². The number of carbonyl (C=O) groups is 1. The number of aromatic nitrogens is 2. The van der Waals surface area contributed by atoms with E-state index < -0.39 is 0 Å². The highest BCUT2D eigenvalue weighted by Crippen LogP contribution is 2.35. The first-order chi connectivity index (χ1) is 15.1. The molecule has 1 heterocycles. The second-order valence-electron chi connectivity index (χ2n) is 6.79. The third-order valence-corrected chi connectivity index (χ3v) is 5.42. The molecular weight excluding hydrogens is 456 g/mol. The predicted octanol–water partition coefficient (Wildman–Crippen LogP) is 4.89. The van der Waals surface area contributed by atoms with Crippen LogP contribution in [0.5, 0.6) is 0 Å². The zero-order valence-corrected chi connectivity index (χ0v) is 18.4. The number of nitrogen functional groups attached to an aromatic ring is 1. The number of hydrogen-bond acceptors (Lipinski definition) is 6. The fraction of sp³-hybridized carbons (Fsp3) is 0.0870. The molecular formula is C23H21BrN6O. The van der Waals surface area contributed by atoms with Crippen molar-refractivity contribution in [3.8, 4) is 0 Å². The van der Waals surface area contributed by atoms with Crippen molar-refractivity contribution in [2.24, 2.45) is 0 Å². The van der Waals surface area contributed by atoms with Gasteiger partial charge in [0.25, 0.3) is 5.91 Å². The summed E-state index contributed by atoms with van der Waals surface area (Å²) in [6, 6.07) is 21.3. The fourth-order valence-corrected chi connectivity index (χ4v) is 3.63. The molecule has 156 valence electrons. The van der Waals surface area contributed by atoms with Gasteiger partial charge in [0.1, 0.15) is 12.0 Å². The van der Waals surface area contributed by atoms with Gasteiger partial charge in [-0.25, -0.2) is 9.97 Å². The molecule has 0 saturated heterocycles. The predicted molar refractivity (Wildman–Crippen MR) is 128 cm³/mol. The first-order valence-corrected chi connectivity index (χ1v) is 10.6. The zero-order valence-electron chi connectivity index (χ0n) is 16.8. The molecule has 1 aromatic heterocycles. The standard InChI is InChI=1S/C23H21BrN6O/c1-2-30(19-9-5-7-15-6-3-4-8-18(15)19)22-20(25)21(26-14-27-22)28-29-23(31)16-10-12-17(24)13-11-16/h3-14H,2,25H2,1H3,(H,29,31)(H,26,27,28). The number of rotatable bonds is 6. The van der Waals surface area contributed by atoms with Crippen LogP contribution < -0.4 is 21.5 Å². The van der Waals surface area contributed by atoms with Crippen molar-refractivity contribution in [2.75, 3.05) is 22.6 Å². The molecule has 8 heteroatoms. The van der Waals surface area contributed by atoms with Crippen molar-refractivity contribution in [1.82, 2.24) is 15.4 Å². The number of carbonyl (C=O) groups excluding carboxylic acids is 1. The number of halogens is 1. The third kappa shape index (κ3) is 4.29. The smallest absolute Gasteiger partial charge is 0.269 e. The lowest BCUT2D eigenvalue weighted by molar-refractivity contribution is 0.0962. The van der Waals surface area contributed by atoms with Gasteiger partial charge in [0, 0.05) is 22.0 Å². The molecule has 31 heavy (non-hydrogen) atoms. The molecule has 4 rings (SSSR count). The van der Waals surface area contributed by atoms with E-state index in [4.69, 9.17) is 5.73 Å². The largest absolute Gasteiger partial charge is 0.393 e. The van der Waals surface area contributed by atoms with Gasteiger partial charge in [0.2, 0.25) is 0 Å². The highest BCUT2D eigenvalue weighted by atomic mass is 79.9. The Kier molecular flexibility index (Phi) is 5.99. The molecule has 0 aliphatic rings. The zero-order chi connectivity index (χ0) is 21.8. The SMILES string of the molecule is CCN(c1ncnc(NNC(=O)c2ccc(Br)cc2)c1N)c1cccc2ccccc12. The Morgan fingerprint density at radius 3 is 2.55 bits per heavy atom. The average molecular weight is 477 g/mol. The van der Waals surface area contributed by atoms with Gasteiger partial charge in [-0.2, -0.15) is 0 Å². The number of benzene rings is 3. The van der Waals surface area contributed by atoms with E-state index >= 15 is 0 Å². The summed E-state index contributed by atoms with van der Waals surface area (Å²) >= 11 is 3.36. The van der Waals surface area contributed by atoms with Crippen LogP contribution in [0.4, 0.5) is 23.0 Å². The maximum atomic E-state index is 12.4. The second kappa shape index (κ2) is 9.01. The van der Waals surface area contributed by atoms with Crippen LogP contribution in [0.2, 0.25) is 0 Å². The number of anilines is 4. The first-order valence-electron chi connectivity index (χ1n) is 9.76. The number of nitrogens with zero attached hydrogens (tertiary/aromatic N) is 3. The maximum absolute atomic E-state index is 12.4. The number of nitrogens with one attached hydrogen (secondary N) is 2. The Hall–Kier alpha value is -3.65. The topological polar surface area (TPSA) is 96.2 Å². The molecule has 7 nitrogen and oxygen atoms in total. The van der Waals surface area contributed by atoms with E-state index in [9.17, 15) is 4.79 Å². The van der Waals surface area contributed by atoms with Gasteiger partial charge in [-0.15, -0.1) is 0 Å². The Morgan fingerprint density at radius 2 is 1.77 bits per heavy atom. The number of hydrogen-bond donors (Lipinski definition) is 3. The van der Waals surface area contributed by atoms with E-state index in [1.54, 1.807) is 24.3 Å². The summed E-state index contributed by atoms with van der Waals surface area (Å²) in [4.78, 5) is 23.0. The molecule has 0 saturated carbocycles. The van der Waals surface area contributed by atoms with Gasteiger partial charge < -0.3 is 10.6 Å². The van der Waals surface area contributed by atoms with E-state index in [0.717, 1.165) is 20.9 Å². The van der Waals surface area contributed by atoms with Crippen molar-refractivity contribution in [2.45, 2.75) is 6.92 Å². The summed E-state index contributed by atoms with van der Waals surface area (Å²) in [5.41, 5.74) is 13.7. The summed E-state index contributed by atoms with van der Waals surface area (Å²) in [5.74, 6) is 0.594. The summed E-state index contributed by atoms with van der Waals surface area (Å²) in [6.45, 7) is 2.69. The molecule has 0 unspecified atom stereocenters. The summed E-state index contributed by atoms with van der Waals surface area (Å²) in [5, 5.41) is 2.23. The van der Waals surface area contributed by atoms with E-state index in [1.165, 1.54) is 6.33 Å². The van der Waals surface area contributed by atoms with Crippen LogP contribution in [0, 0.1) is 0 Å². The lowest BCUT2D eigenvalue weighted by atomic mass is 10.1. The summed E-state index contributed by atoms with van der Waals surface area (Å²) in [7, 11) is 0. The van der Waals surface area contributed by atoms with Crippen molar-refractivity contribution >= 4 is 55.6 Å². The molecule has 0 aliphatic carbocycles. The Bertz CT molecular complexity index is 1220. The lowest BCUT2D eigenvalue weighted by Gasteiger charge is -2.25. The van der Waals surface area contributed by atoms with E-state index in [0.29, 0.717) is 29.4 Å². The number of hydrazine groups is 1. The molecule has 0 fully saturated rings. The van der Waals surface area contributed by atoms with Crippen molar-refractivity contribution < 1.29 is 4.79 Å². The molecule has 0 atom stereocenters. The number of amides is 1. The van der Waals surface area contributed by atoms with Crippen LogP contribution in [0.25, 0.3) is 10.8 Å². The minimum absolute atomic E-state index is 0.298. The minimum atomic E-state index is -0.298. The molecule has 1 amide bonds. The molecule has 0 bridgehead atoms. The van der Waals surface area contributed by atoms with Gasteiger partial charge in [0.15, 0.2) is 11.6 Å². The maximum Gasteiger partial charge on any atom is 0.269 e. The highest BCUT2D eigenvalue weighted by Gasteiger charge is 2.18. The summed E-state index contributed by atoms with van der Waals surface area (Å²) < 4.78 is 0.898.